The minimum atomic E-state index is -0.320. The first-order chi connectivity index (χ1) is 17.2. The van der Waals surface area contributed by atoms with Gasteiger partial charge >= 0.3 is 0 Å². The van der Waals surface area contributed by atoms with Crippen molar-refractivity contribution in [2.24, 2.45) is 0 Å². The number of nitrogens with zero attached hydrogens (tertiary/aromatic N) is 5. The number of H-pyrrole nitrogens is 2. The highest BCUT2D eigenvalue weighted by molar-refractivity contribution is 5.96. The summed E-state index contributed by atoms with van der Waals surface area (Å²) in [4.78, 5) is 21.6. The number of halogens is 1. The Hall–Kier alpha value is -4.50. The van der Waals surface area contributed by atoms with E-state index in [2.05, 4.69) is 48.4 Å². The highest BCUT2D eigenvalue weighted by Crippen LogP contribution is 2.31. The molecule has 0 aliphatic heterocycles. The number of imidazole rings is 1. The Bertz CT molecular complexity index is 1670. The molecule has 5 aromatic heterocycles. The van der Waals surface area contributed by atoms with E-state index in [1.165, 1.54) is 12.1 Å². The van der Waals surface area contributed by atoms with E-state index in [0.717, 1.165) is 46.3 Å². The number of pyridine rings is 3. The van der Waals surface area contributed by atoms with Crippen molar-refractivity contribution in [3.05, 3.63) is 78.6 Å². The molecule has 0 fully saturated rings. The molecule has 0 saturated carbocycles. The van der Waals surface area contributed by atoms with Crippen LogP contribution in [-0.2, 0) is 6.54 Å². The average Bonchev–Trinajstić information content (AvgIpc) is 3.51. The maximum absolute atomic E-state index is 13.8. The maximum Gasteiger partial charge on any atom is 0.159 e. The van der Waals surface area contributed by atoms with Gasteiger partial charge in [0, 0.05) is 41.6 Å². The lowest BCUT2D eigenvalue weighted by Crippen LogP contribution is -2.11. The summed E-state index contributed by atoms with van der Waals surface area (Å²) in [7, 11) is 0. The quantitative estimate of drug-likeness (QED) is 0.324. The number of hydrogen-bond acceptors (Lipinski definition) is 6. The molecule has 0 amide bonds. The van der Waals surface area contributed by atoms with Crippen LogP contribution in [0.25, 0.3) is 56.0 Å². The molecule has 0 bridgehead atoms. The molecule has 6 rings (SSSR count). The highest BCUT2D eigenvalue weighted by Gasteiger charge is 2.17. The fourth-order valence-electron chi connectivity index (χ4n) is 4.14. The molecule has 0 aliphatic carbocycles. The lowest BCUT2D eigenvalue weighted by atomic mass is 10.1. The summed E-state index contributed by atoms with van der Waals surface area (Å²) in [5.41, 5.74) is 6.99. The molecule has 1 aromatic carbocycles. The molecule has 35 heavy (non-hydrogen) atoms. The number of rotatable bonds is 6. The van der Waals surface area contributed by atoms with Crippen LogP contribution in [0.3, 0.4) is 0 Å². The first-order valence-corrected chi connectivity index (χ1v) is 11.3. The predicted octanol–water partition coefficient (Wildman–Crippen LogP) is 4.87. The van der Waals surface area contributed by atoms with Gasteiger partial charge in [0.1, 0.15) is 17.0 Å². The third-order valence-electron chi connectivity index (χ3n) is 5.84. The van der Waals surface area contributed by atoms with Gasteiger partial charge in [-0.25, -0.2) is 9.37 Å². The molecule has 172 valence electrons. The standard InChI is InChI=1S/C26H21FN8/c1-2-28-11-15-8-17(13-29-12-15)21-10-19-22(14-31-21)34-35-24(19)26-32-20-6-7-30-23(25(20)33-26)16-4-3-5-18(27)9-16/h3-10,12-14,28H,2,11H2,1H3,(H,32,33)(H,34,35). The van der Waals surface area contributed by atoms with Gasteiger partial charge < -0.3 is 10.3 Å². The normalized spacial score (nSPS) is 11.5. The fourth-order valence-corrected chi connectivity index (χ4v) is 4.14. The van der Waals surface area contributed by atoms with Gasteiger partial charge in [-0.05, 0) is 42.4 Å². The summed E-state index contributed by atoms with van der Waals surface area (Å²) in [5.74, 6) is 0.271. The number of hydrogen-bond donors (Lipinski definition) is 3. The summed E-state index contributed by atoms with van der Waals surface area (Å²) in [6, 6.07) is 12.3. The summed E-state index contributed by atoms with van der Waals surface area (Å²) in [6.45, 7) is 3.71. The molecule has 0 aliphatic rings. The lowest BCUT2D eigenvalue weighted by Gasteiger charge is -2.05. The van der Waals surface area contributed by atoms with Crippen molar-refractivity contribution >= 4 is 21.9 Å². The second-order valence-electron chi connectivity index (χ2n) is 8.20. The van der Waals surface area contributed by atoms with Crippen LogP contribution in [0.15, 0.2) is 67.3 Å². The Morgan fingerprint density at radius 3 is 2.77 bits per heavy atom. The molecule has 0 saturated heterocycles. The van der Waals surface area contributed by atoms with Crippen LogP contribution in [0.2, 0.25) is 0 Å². The van der Waals surface area contributed by atoms with Crippen LogP contribution in [-0.4, -0.2) is 41.7 Å². The van der Waals surface area contributed by atoms with E-state index in [-0.39, 0.29) is 5.82 Å². The topological polar surface area (TPSA) is 108 Å². The number of fused-ring (bicyclic) bond motifs is 2. The van der Waals surface area contributed by atoms with Crippen LogP contribution in [0, 0.1) is 5.82 Å². The first-order valence-electron chi connectivity index (χ1n) is 11.3. The predicted molar refractivity (Wildman–Crippen MR) is 133 cm³/mol. The van der Waals surface area contributed by atoms with Crippen LogP contribution in [0.4, 0.5) is 4.39 Å². The SMILES string of the molecule is CCNCc1cncc(-c2cc3c(-c4nc5c(-c6cccc(F)c6)nccc5[nH]4)n[nH]c3cn2)c1. The van der Waals surface area contributed by atoms with Crippen molar-refractivity contribution < 1.29 is 4.39 Å². The average molecular weight is 465 g/mol. The molecule has 6 aromatic rings. The minimum absolute atomic E-state index is 0.320. The van der Waals surface area contributed by atoms with E-state index in [1.54, 1.807) is 18.5 Å². The molecule has 0 spiro atoms. The number of benzene rings is 1. The molecule has 5 heterocycles. The van der Waals surface area contributed by atoms with Crippen LogP contribution in [0.5, 0.6) is 0 Å². The summed E-state index contributed by atoms with van der Waals surface area (Å²) < 4.78 is 13.8. The van der Waals surface area contributed by atoms with E-state index in [4.69, 9.17) is 4.98 Å². The second-order valence-corrected chi connectivity index (χ2v) is 8.20. The second kappa shape index (κ2) is 8.69. The lowest BCUT2D eigenvalue weighted by molar-refractivity contribution is 0.628. The number of aromatic nitrogens is 7. The van der Waals surface area contributed by atoms with Crippen LogP contribution in [0.1, 0.15) is 12.5 Å². The molecular weight excluding hydrogens is 443 g/mol. The Balaban J connectivity index is 1.44. The maximum atomic E-state index is 13.8. The zero-order chi connectivity index (χ0) is 23.8. The zero-order valence-corrected chi connectivity index (χ0v) is 18.9. The van der Waals surface area contributed by atoms with Crippen molar-refractivity contribution in [3.63, 3.8) is 0 Å². The molecule has 8 nitrogen and oxygen atoms in total. The number of nitrogens with one attached hydrogen (secondary N) is 3. The number of aromatic amines is 2. The Kier molecular flexibility index (Phi) is 5.23. The van der Waals surface area contributed by atoms with Gasteiger partial charge in [-0.3, -0.25) is 20.1 Å². The van der Waals surface area contributed by atoms with Gasteiger partial charge in [0.15, 0.2) is 5.82 Å². The molecule has 0 atom stereocenters. The van der Waals surface area contributed by atoms with E-state index < -0.39 is 0 Å². The summed E-state index contributed by atoms with van der Waals surface area (Å²) in [6.07, 6.45) is 7.11. The molecule has 0 radical (unpaired) electrons. The van der Waals surface area contributed by atoms with E-state index >= 15 is 0 Å². The third kappa shape index (κ3) is 3.91. The molecule has 3 N–H and O–H groups in total. The first kappa shape index (κ1) is 21.1. The van der Waals surface area contributed by atoms with Gasteiger partial charge in [0.2, 0.25) is 0 Å². The van der Waals surface area contributed by atoms with Gasteiger partial charge in [-0.1, -0.05) is 19.1 Å². The van der Waals surface area contributed by atoms with Gasteiger partial charge in [-0.2, -0.15) is 5.10 Å². The van der Waals surface area contributed by atoms with Gasteiger partial charge in [0.25, 0.3) is 0 Å². The molecule has 9 heteroatoms. The third-order valence-corrected chi connectivity index (χ3v) is 5.84. The van der Waals surface area contributed by atoms with Crippen molar-refractivity contribution in [2.75, 3.05) is 6.54 Å². The molecular formula is C26H21FN8. The Morgan fingerprint density at radius 2 is 1.89 bits per heavy atom. The largest absolute Gasteiger partial charge is 0.336 e. The van der Waals surface area contributed by atoms with E-state index in [1.807, 2.05) is 30.6 Å². The van der Waals surface area contributed by atoms with Crippen molar-refractivity contribution in [1.82, 2.24) is 40.4 Å². The monoisotopic (exact) mass is 464 g/mol. The fraction of sp³-hybridized carbons (Fsp3) is 0.115. The van der Waals surface area contributed by atoms with Crippen LogP contribution >= 0.6 is 0 Å². The van der Waals surface area contributed by atoms with Crippen molar-refractivity contribution in [2.45, 2.75) is 13.5 Å². The van der Waals surface area contributed by atoms with Gasteiger partial charge in [-0.15, -0.1) is 0 Å². The van der Waals surface area contributed by atoms with Crippen molar-refractivity contribution in [1.29, 1.82) is 0 Å². The zero-order valence-electron chi connectivity index (χ0n) is 18.9. The van der Waals surface area contributed by atoms with Crippen molar-refractivity contribution in [3.8, 4) is 34.0 Å². The Morgan fingerprint density at radius 1 is 0.943 bits per heavy atom. The molecule has 0 unspecified atom stereocenters. The summed E-state index contributed by atoms with van der Waals surface area (Å²) >= 11 is 0. The van der Waals surface area contributed by atoms with Crippen LogP contribution < -0.4 is 5.32 Å². The van der Waals surface area contributed by atoms with E-state index in [0.29, 0.717) is 28.3 Å². The highest BCUT2D eigenvalue weighted by atomic mass is 19.1. The van der Waals surface area contributed by atoms with Gasteiger partial charge in [0.05, 0.1) is 28.6 Å². The summed E-state index contributed by atoms with van der Waals surface area (Å²) in [5, 5.41) is 11.7. The Labute approximate surface area is 199 Å². The minimum Gasteiger partial charge on any atom is -0.336 e. The van der Waals surface area contributed by atoms with E-state index in [9.17, 15) is 4.39 Å². The smallest absolute Gasteiger partial charge is 0.159 e.